The first kappa shape index (κ1) is 8.51. The molecule has 1 atom stereocenters. The Kier molecular flexibility index (Phi) is 2.77. The summed E-state index contributed by atoms with van der Waals surface area (Å²) in [6.45, 7) is 1.72. The molecule has 0 aliphatic carbocycles. The minimum Gasteiger partial charge on any atom is -0.379 e. The van der Waals surface area contributed by atoms with Gasteiger partial charge >= 0.3 is 0 Å². The van der Waals surface area contributed by atoms with E-state index in [1.54, 1.807) is 6.20 Å². The zero-order valence-electron chi connectivity index (χ0n) is 7.57. The van der Waals surface area contributed by atoms with Crippen LogP contribution in [0, 0.1) is 0 Å². The fraction of sp³-hybridized carbons (Fsp3) is 0.500. The predicted octanol–water partition coefficient (Wildman–Crippen LogP) is 1.67. The molecule has 0 radical (unpaired) electrons. The maximum absolute atomic E-state index is 5.37. The third-order valence-corrected chi connectivity index (χ3v) is 2.19. The second kappa shape index (κ2) is 4.23. The average molecular weight is 178 g/mol. The average Bonchev–Trinajstić information content (AvgIpc) is 2.21. The lowest BCUT2D eigenvalue weighted by Gasteiger charge is -2.23. The molecule has 3 nitrogen and oxygen atoms in total. The molecule has 0 spiro atoms. The van der Waals surface area contributed by atoms with Gasteiger partial charge in [0.15, 0.2) is 0 Å². The van der Waals surface area contributed by atoms with E-state index in [2.05, 4.69) is 10.3 Å². The minimum atomic E-state index is 0.456. The number of nitrogens with one attached hydrogen (secondary N) is 1. The van der Waals surface area contributed by atoms with Crippen LogP contribution >= 0.6 is 0 Å². The third-order valence-electron chi connectivity index (χ3n) is 2.19. The number of hydrogen-bond donors (Lipinski definition) is 1. The number of hydrogen-bond acceptors (Lipinski definition) is 3. The molecule has 0 aromatic carbocycles. The Morgan fingerprint density at radius 1 is 1.54 bits per heavy atom. The van der Waals surface area contributed by atoms with Crippen molar-refractivity contribution >= 4 is 5.69 Å². The zero-order valence-corrected chi connectivity index (χ0v) is 7.57. The molecule has 1 saturated heterocycles. The summed E-state index contributed by atoms with van der Waals surface area (Å²) < 4.78 is 5.37. The van der Waals surface area contributed by atoms with Gasteiger partial charge < -0.3 is 10.1 Å². The zero-order chi connectivity index (χ0) is 8.93. The largest absolute Gasteiger partial charge is 0.379 e. The lowest BCUT2D eigenvalue weighted by molar-refractivity contribution is 0.0876. The van der Waals surface area contributed by atoms with E-state index in [1.165, 1.54) is 6.42 Å². The Morgan fingerprint density at radius 2 is 2.54 bits per heavy atom. The smallest absolute Gasteiger partial charge is 0.0667 e. The second-order valence-electron chi connectivity index (χ2n) is 3.30. The lowest BCUT2D eigenvalue weighted by Crippen LogP contribution is -2.29. The van der Waals surface area contributed by atoms with Crippen LogP contribution < -0.4 is 5.32 Å². The maximum atomic E-state index is 5.37. The Balaban J connectivity index is 1.90. The predicted molar refractivity (Wildman–Crippen MR) is 51.7 cm³/mol. The lowest BCUT2D eigenvalue weighted by atomic mass is 10.1. The maximum Gasteiger partial charge on any atom is 0.0667 e. The third kappa shape index (κ3) is 2.42. The number of ether oxygens (including phenoxy) is 1. The van der Waals surface area contributed by atoms with Gasteiger partial charge in [0.2, 0.25) is 0 Å². The Labute approximate surface area is 78.1 Å². The molecule has 2 heterocycles. The van der Waals surface area contributed by atoms with Crippen molar-refractivity contribution < 1.29 is 4.74 Å². The number of anilines is 1. The monoisotopic (exact) mass is 178 g/mol. The van der Waals surface area contributed by atoms with Crippen molar-refractivity contribution in [1.29, 1.82) is 0 Å². The van der Waals surface area contributed by atoms with Crippen LogP contribution in [0.2, 0.25) is 0 Å². The van der Waals surface area contributed by atoms with Gasteiger partial charge in [-0.15, -0.1) is 0 Å². The van der Waals surface area contributed by atoms with E-state index < -0.39 is 0 Å². The Morgan fingerprint density at radius 3 is 3.23 bits per heavy atom. The summed E-state index contributed by atoms with van der Waals surface area (Å²) >= 11 is 0. The standard InChI is InChI=1S/C10H14N2O/c1-3-9(7-11-5-1)12-10-4-2-6-13-8-10/h1,3,5,7,10,12H,2,4,6,8H2. The highest BCUT2D eigenvalue weighted by atomic mass is 16.5. The van der Waals surface area contributed by atoms with Crippen LogP contribution in [0.3, 0.4) is 0 Å². The fourth-order valence-electron chi connectivity index (χ4n) is 1.54. The summed E-state index contributed by atoms with van der Waals surface area (Å²) in [6.07, 6.45) is 5.96. The molecule has 0 amide bonds. The summed E-state index contributed by atoms with van der Waals surface area (Å²) in [6, 6.07) is 4.42. The van der Waals surface area contributed by atoms with Crippen molar-refractivity contribution in [2.75, 3.05) is 18.5 Å². The normalized spacial score (nSPS) is 22.6. The number of rotatable bonds is 2. The van der Waals surface area contributed by atoms with Crippen LogP contribution in [0.1, 0.15) is 12.8 Å². The van der Waals surface area contributed by atoms with Gasteiger partial charge in [-0.1, -0.05) is 0 Å². The molecule has 1 fully saturated rings. The van der Waals surface area contributed by atoms with Crippen LogP contribution in [0.25, 0.3) is 0 Å². The quantitative estimate of drug-likeness (QED) is 0.748. The van der Waals surface area contributed by atoms with Crippen molar-refractivity contribution in [1.82, 2.24) is 4.98 Å². The van der Waals surface area contributed by atoms with Crippen LogP contribution in [0.5, 0.6) is 0 Å². The van der Waals surface area contributed by atoms with E-state index in [1.807, 2.05) is 18.3 Å². The molecule has 0 saturated carbocycles. The van der Waals surface area contributed by atoms with E-state index in [0.717, 1.165) is 25.3 Å². The van der Waals surface area contributed by atoms with Crippen LogP contribution in [0.4, 0.5) is 5.69 Å². The summed E-state index contributed by atoms with van der Waals surface area (Å²) in [4.78, 5) is 4.05. The molecule has 1 N–H and O–H groups in total. The van der Waals surface area contributed by atoms with Gasteiger partial charge in [-0.3, -0.25) is 4.98 Å². The first-order valence-corrected chi connectivity index (χ1v) is 4.69. The first-order chi connectivity index (χ1) is 6.45. The van der Waals surface area contributed by atoms with Gasteiger partial charge in [0, 0.05) is 25.0 Å². The Hall–Kier alpha value is -1.09. The summed E-state index contributed by atoms with van der Waals surface area (Å²) in [5.41, 5.74) is 1.08. The highest BCUT2D eigenvalue weighted by Crippen LogP contribution is 2.12. The van der Waals surface area contributed by atoms with Crippen molar-refractivity contribution in [3.63, 3.8) is 0 Å². The summed E-state index contributed by atoms with van der Waals surface area (Å²) in [5.74, 6) is 0. The van der Waals surface area contributed by atoms with Gasteiger partial charge in [-0.05, 0) is 25.0 Å². The van der Waals surface area contributed by atoms with Crippen molar-refractivity contribution in [2.24, 2.45) is 0 Å². The molecule has 2 rings (SSSR count). The van der Waals surface area contributed by atoms with E-state index in [4.69, 9.17) is 4.74 Å². The van der Waals surface area contributed by atoms with Gasteiger partial charge in [0.05, 0.1) is 12.3 Å². The van der Waals surface area contributed by atoms with Crippen LogP contribution in [-0.4, -0.2) is 24.2 Å². The molecule has 1 aromatic heterocycles. The number of pyridine rings is 1. The minimum absolute atomic E-state index is 0.456. The van der Waals surface area contributed by atoms with Gasteiger partial charge in [0.1, 0.15) is 0 Å². The number of aromatic nitrogens is 1. The molecule has 1 unspecified atom stereocenters. The van der Waals surface area contributed by atoms with E-state index in [-0.39, 0.29) is 0 Å². The first-order valence-electron chi connectivity index (χ1n) is 4.69. The highest BCUT2D eigenvalue weighted by Gasteiger charge is 2.12. The Bertz CT molecular complexity index is 244. The molecule has 1 aliphatic rings. The molecule has 3 heteroatoms. The summed E-state index contributed by atoms with van der Waals surface area (Å²) in [5, 5.41) is 3.39. The molecule has 70 valence electrons. The van der Waals surface area contributed by atoms with Crippen molar-refractivity contribution in [2.45, 2.75) is 18.9 Å². The molecule has 1 aromatic rings. The number of nitrogens with zero attached hydrogens (tertiary/aromatic N) is 1. The van der Waals surface area contributed by atoms with Gasteiger partial charge in [-0.25, -0.2) is 0 Å². The summed E-state index contributed by atoms with van der Waals surface area (Å²) in [7, 11) is 0. The van der Waals surface area contributed by atoms with Crippen LogP contribution in [0.15, 0.2) is 24.5 Å². The molecular formula is C10H14N2O. The van der Waals surface area contributed by atoms with E-state index in [9.17, 15) is 0 Å². The van der Waals surface area contributed by atoms with E-state index >= 15 is 0 Å². The highest BCUT2D eigenvalue weighted by molar-refractivity contribution is 5.40. The topological polar surface area (TPSA) is 34.2 Å². The molecule has 0 bridgehead atoms. The van der Waals surface area contributed by atoms with Gasteiger partial charge in [0.25, 0.3) is 0 Å². The van der Waals surface area contributed by atoms with Crippen molar-refractivity contribution in [3.05, 3.63) is 24.5 Å². The van der Waals surface area contributed by atoms with Crippen LogP contribution in [-0.2, 0) is 4.74 Å². The van der Waals surface area contributed by atoms with Gasteiger partial charge in [-0.2, -0.15) is 0 Å². The van der Waals surface area contributed by atoms with E-state index in [0.29, 0.717) is 6.04 Å². The molecule has 13 heavy (non-hydrogen) atoms. The molecule has 1 aliphatic heterocycles. The second-order valence-corrected chi connectivity index (χ2v) is 3.30. The SMILES string of the molecule is c1cncc(NC2CCCOC2)c1. The van der Waals surface area contributed by atoms with Crippen molar-refractivity contribution in [3.8, 4) is 0 Å². The fourth-order valence-corrected chi connectivity index (χ4v) is 1.54. The molecular weight excluding hydrogens is 164 g/mol.